The molecule has 74 valence electrons. The normalized spacial score (nSPS) is 11.0. The van der Waals surface area contributed by atoms with Crippen LogP contribution in [0.15, 0.2) is 0 Å². The van der Waals surface area contributed by atoms with Gasteiger partial charge < -0.3 is 9.74 Å². The Morgan fingerprint density at radius 3 is 2.33 bits per heavy atom. The molecule has 2 N–H and O–H groups in total. The first-order valence-corrected chi connectivity index (χ1v) is 4.89. The van der Waals surface area contributed by atoms with E-state index >= 15 is 0 Å². The van der Waals surface area contributed by atoms with E-state index in [-0.39, 0.29) is 0 Å². The lowest BCUT2D eigenvalue weighted by molar-refractivity contribution is 0.123. The molecule has 0 aromatic heterocycles. The molecule has 0 atom stereocenters. The first-order chi connectivity index (χ1) is 5.85. The molecule has 12 heavy (non-hydrogen) atoms. The topological polar surface area (TPSA) is 38.5 Å². The molecule has 0 aromatic carbocycles. The summed E-state index contributed by atoms with van der Waals surface area (Å²) < 4.78 is 0. The maximum atomic E-state index is 4.94. The fourth-order valence-corrected chi connectivity index (χ4v) is 1.18. The first-order valence-electron chi connectivity index (χ1n) is 4.89. The van der Waals surface area contributed by atoms with Crippen LogP contribution >= 0.6 is 0 Å². The Kier molecular flexibility index (Phi) is 8.88. The standard InChI is InChI=1S/C9H22N2O/c1-3-5-7-11(4-2)8-6-9-12-10/h3-10H2,1-2H3. The molecule has 0 unspecified atom stereocenters. The van der Waals surface area contributed by atoms with Gasteiger partial charge in [-0.15, -0.1) is 0 Å². The van der Waals surface area contributed by atoms with Crippen LogP contribution in [0, 0.1) is 0 Å². The summed E-state index contributed by atoms with van der Waals surface area (Å²) in [5.41, 5.74) is 0. The molecule has 0 radical (unpaired) electrons. The van der Waals surface area contributed by atoms with Gasteiger partial charge in [0.2, 0.25) is 0 Å². The molecule has 0 saturated heterocycles. The van der Waals surface area contributed by atoms with Crippen LogP contribution in [0.25, 0.3) is 0 Å². The number of nitrogens with two attached hydrogens (primary N) is 1. The van der Waals surface area contributed by atoms with Gasteiger partial charge in [0.15, 0.2) is 0 Å². The Labute approximate surface area is 75.8 Å². The molecule has 0 aliphatic rings. The van der Waals surface area contributed by atoms with E-state index in [4.69, 9.17) is 5.90 Å². The van der Waals surface area contributed by atoms with E-state index in [0.717, 1.165) is 19.5 Å². The third-order valence-electron chi connectivity index (χ3n) is 2.01. The maximum absolute atomic E-state index is 4.94. The predicted molar refractivity (Wildman–Crippen MR) is 51.8 cm³/mol. The minimum atomic E-state index is 0.669. The van der Waals surface area contributed by atoms with Crippen molar-refractivity contribution in [2.75, 3.05) is 26.2 Å². The summed E-state index contributed by atoms with van der Waals surface area (Å²) in [5, 5.41) is 0. The Hall–Kier alpha value is -0.120. The zero-order valence-electron chi connectivity index (χ0n) is 8.38. The van der Waals surface area contributed by atoms with Gasteiger partial charge in [-0.05, 0) is 25.9 Å². The van der Waals surface area contributed by atoms with Crippen molar-refractivity contribution in [3.8, 4) is 0 Å². The quantitative estimate of drug-likeness (QED) is 0.446. The lowest BCUT2D eigenvalue weighted by Gasteiger charge is -2.19. The molecular weight excluding hydrogens is 152 g/mol. The molecule has 0 aliphatic carbocycles. The molecule has 0 bridgehead atoms. The Balaban J connectivity index is 3.26. The average molecular weight is 174 g/mol. The van der Waals surface area contributed by atoms with Crippen molar-refractivity contribution in [1.29, 1.82) is 0 Å². The van der Waals surface area contributed by atoms with Crippen LogP contribution < -0.4 is 5.90 Å². The number of rotatable bonds is 8. The fourth-order valence-electron chi connectivity index (χ4n) is 1.18. The second-order valence-electron chi connectivity index (χ2n) is 3.01. The van der Waals surface area contributed by atoms with Gasteiger partial charge in [-0.1, -0.05) is 20.3 Å². The molecule has 0 aromatic rings. The van der Waals surface area contributed by atoms with E-state index in [0.29, 0.717) is 6.61 Å². The molecule has 0 aliphatic heterocycles. The monoisotopic (exact) mass is 174 g/mol. The molecule has 0 saturated carbocycles. The van der Waals surface area contributed by atoms with Crippen molar-refractivity contribution in [3.63, 3.8) is 0 Å². The average Bonchev–Trinajstić information content (AvgIpc) is 2.11. The van der Waals surface area contributed by atoms with Crippen molar-refractivity contribution >= 4 is 0 Å². The summed E-state index contributed by atoms with van der Waals surface area (Å²) in [4.78, 5) is 6.95. The molecular formula is C9H22N2O. The van der Waals surface area contributed by atoms with Crippen LogP contribution in [0.4, 0.5) is 0 Å². The van der Waals surface area contributed by atoms with E-state index in [2.05, 4.69) is 23.6 Å². The summed E-state index contributed by atoms with van der Waals surface area (Å²) >= 11 is 0. The third-order valence-corrected chi connectivity index (χ3v) is 2.01. The Bertz CT molecular complexity index is 88.6. The number of unbranched alkanes of at least 4 members (excludes halogenated alkanes) is 1. The van der Waals surface area contributed by atoms with E-state index in [9.17, 15) is 0 Å². The van der Waals surface area contributed by atoms with Gasteiger partial charge in [-0.25, -0.2) is 5.90 Å². The van der Waals surface area contributed by atoms with Crippen LogP contribution in [-0.4, -0.2) is 31.1 Å². The van der Waals surface area contributed by atoms with E-state index in [1.54, 1.807) is 0 Å². The highest BCUT2D eigenvalue weighted by molar-refractivity contribution is 4.54. The number of nitrogens with zero attached hydrogens (tertiary/aromatic N) is 1. The zero-order valence-corrected chi connectivity index (χ0v) is 8.38. The van der Waals surface area contributed by atoms with Crippen molar-refractivity contribution in [1.82, 2.24) is 4.90 Å². The molecule has 0 fully saturated rings. The molecule has 3 nitrogen and oxygen atoms in total. The summed E-state index contributed by atoms with van der Waals surface area (Å²) in [6, 6.07) is 0. The van der Waals surface area contributed by atoms with Crippen molar-refractivity contribution in [2.24, 2.45) is 5.90 Å². The second kappa shape index (κ2) is 8.97. The molecule has 3 heteroatoms. The van der Waals surface area contributed by atoms with Crippen LogP contribution in [-0.2, 0) is 4.84 Å². The largest absolute Gasteiger partial charge is 0.305 e. The van der Waals surface area contributed by atoms with E-state index in [1.807, 2.05) is 0 Å². The van der Waals surface area contributed by atoms with Gasteiger partial charge in [0, 0.05) is 6.54 Å². The molecule has 0 heterocycles. The molecule has 0 rings (SSSR count). The number of hydrogen-bond acceptors (Lipinski definition) is 3. The van der Waals surface area contributed by atoms with Crippen molar-refractivity contribution < 1.29 is 4.84 Å². The summed E-state index contributed by atoms with van der Waals surface area (Å²) in [5.74, 6) is 4.94. The lowest BCUT2D eigenvalue weighted by Crippen LogP contribution is -2.26. The highest BCUT2D eigenvalue weighted by atomic mass is 16.6. The van der Waals surface area contributed by atoms with Gasteiger partial charge >= 0.3 is 0 Å². The molecule has 0 spiro atoms. The van der Waals surface area contributed by atoms with Crippen LogP contribution in [0.1, 0.15) is 33.1 Å². The Morgan fingerprint density at radius 1 is 1.17 bits per heavy atom. The van der Waals surface area contributed by atoms with Crippen LogP contribution in [0.3, 0.4) is 0 Å². The highest BCUT2D eigenvalue weighted by Crippen LogP contribution is 1.95. The number of hydrogen-bond donors (Lipinski definition) is 1. The van der Waals surface area contributed by atoms with Crippen molar-refractivity contribution in [3.05, 3.63) is 0 Å². The smallest absolute Gasteiger partial charge is 0.0691 e. The minimum absolute atomic E-state index is 0.669. The Morgan fingerprint density at radius 2 is 1.83 bits per heavy atom. The summed E-state index contributed by atoms with van der Waals surface area (Å²) in [6.07, 6.45) is 3.59. The lowest BCUT2D eigenvalue weighted by atomic mass is 10.3. The SMILES string of the molecule is CCCCN(CC)CCCON. The van der Waals surface area contributed by atoms with Gasteiger partial charge in [0.25, 0.3) is 0 Å². The van der Waals surface area contributed by atoms with E-state index < -0.39 is 0 Å². The van der Waals surface area contributed by atoms with Crippen LogP contribution in [0.5, 0.6) is 0 Å². The van der Waals surface area contributed by atoms with Crippen molar-refractivity contribution in [2.45, 2.75) is 33.1 Å². The fraction of sp³-hybridized carbons (Fsp3) is 1.00. The van der Waals surface area contributed by atoms with E-state index in [1.165, 1.54) is 19.4 Å². The zero-order chi connectivity index (χ0) is 9.23. The molecule has 0 amide bonds. The highest BCUT2D eigenvalue weighted by Gasteiger charge is 1.99. The summed E-state index contributed by atoms with van der Waals surface area (Å²) in [6.45, 7) is 8.52. The maximum Gasteiger partial charge on any atom is 0.0691 e. The van der Waals surface area contributed by atoms with Gasteiger partial charge in [0.05, 0.1) is 6.61 Å². The minimum Gasteiger partial charge on any atom is -0.305 e. The van der Waals surface area contributed by atoms with Gasteiger partial charge in [0.1, 0.15) is 0 Å². The summed E-state index contributed by atoms with van der Waals surface area (Å²) in [7, 11) is 0. The first kappa shape index (κ1) is 11.9. The van der Waals surface area contributed by atoms with Gasteiger partial charge in [-0.3, -0.25) is 0 Å². The van der Waals surface area contributed by atoms with Gasteiger partial charge in [-0.2, -0.15) is 0 Å². The third kappa shape index (κ3) is 6.58. The second-order valence-corrected chi connectivity index (χ2v) is 3.01. The predicted octanol–water partition coefficient (Wildman–Crippen LogP) is 1.39. The van der Waals surface area contributed by atoms with Crippen LogP contribution in [0.2, 0.25) is 0 Å².